The maximum Gasteiger partial charge on any atom is 0.164 e. The van der Waals surface area contributed by atoms with Crippen molar-refractivity contribution in [2.75, 3.05) is 18.0 Å². The Morgan fingerprint density at radius 3 is 2.59 bits per heavy atom. The Balaban J connectivity index is 1.78. The predicted molar refractivity (Wildman–Crippen MR) is 104 cm³/mol. The molecule has 0 saturated carbocycles. The Bertz CT molecular complexity index is 1130. The normalized spacial score (nSPS) is 18.5. The van der Waals surface area contributed by atoms with E-state index in [4.69, 9.17) is 16.9 Å². The number of aromatic nitrogens is 2. The summed E-state index contributed by atoms with van der Waals surface area (Å²) < 4.78 is 52.8. The third kappa shape index (κ3) is 3.91. The molecule has 0 bridgehead atoms. The summed E-state index contributed by atoms with van der Waals surface area (Å²) in [5.41, 5.74) is 0.667. The van der Waals surface area contributed by atoms with Crippen molar-refractivity contribution >= 4 is 27.3 Å². The molecule has 0 spiro atoms. The highest BCUT2D eigenvalue weighted by Crippen LogP contribution is 2.36. The molecule has 2 aromatic rings. The van der Waals surface area contributed by atoms with Gasteiger partial charge in [0.1, 0.15) is 17.5 Å². The second-order valence-electron chi connectivity index (χ2n) is 7.37. The number of rotatable bonds is 3. The van der Waals surface area contributed by atoms with E-state index in [2.05, 4.69) is 16.0 Å². The van der Waals surface area contributed by atoms with Gasteiger partial charge in [-0.2, -0.15) is 5.26 Å². The number of halogens is 3. The first kappa shape index (κ1) is 20.0. The summed E-state index contributed by atoms with van der Waals surface area (Å²) in [4.78, 5) is 10.6. The number of hydrogen-bond acceptors (Lipinski definition) is 6. The van der Waals surface area contributed by atoms with Gasteiger partial charge in [0.2, 0.25) is 0 Å². The molecule has 0 aliphatic carbocycles. The maximum absolute atomic E-state index is 14.4. The fourth-order valence-electron chi connectivity index (χ4n) is 3.82. The zero-order chi connectivity index (χ0) is 20.8. The molecule has 1 aromatic carbocycles. The van der Waals surface area contributed by atoms with Crippen LogP contribution in [0.5, 0.6) is 0 Å². The van der Waals surface area contributed by atoms with Crippen LogP contribution >= 0.6 is 11.6 Å². The number of anilines is 1. The monoisotopic (exact) mass is 438 g/mol. The molecule has 6 nitrogen and oxygen atoms in total. The van der Waals surface area contributed by atoms with Crippen molar-refractivity contribution in [1.29, 1.82) is 5.26 Å². The highest BCUT2D eigenvalue weighted by atomic mass is 35.5. The van der Waals surface area contributed by atoms with E-state index < -0.39 is 21.5 Å². The molecule has 0 atom stereocenters. The van der Waals surface area contributed by atoms with E-state index in [9.17, 15) is 17.2 Å². The lowest BCUT2D eigenvalue weighted by Gasteiger charge is -2.33. The Morgan fingerprint density at radius 1 is 1.17 bits per heavy atom. The Labute approximate surface area is 172 Å². The van der Waals surface area contributed by atoms with Gasteiger partial charge >= 0.3 is 0 Å². The van der Waals surface area contributed by atoms with Gasteiger partial charge in [-0.15, -0.1) is 0 Å². The third-order valence-electron chi connectivity index (χ3n) is 5.34. The molecule has 10 heteroatoms. The lowest BCUT2D eigenvalue weighted by molar-refractivity contribution is 0.411. The second kappa shape index (κ2) is 7.50. The zero-order valence-electron chi connectivity index (χ0n) is 15.3. The van der Waals surface area contributed by atoms with Gasteiger partial charge in [0.05, 0.1) is 33.9 Å². The first-order valence-electron chi connectivity index (χ1n) is 9.14. The molecule has 2 aliphatic rings. The summed E-state index contributed by atoms with van der Waals surface area (Å²) in [5, 5.41) is 8.54. The van der Waals surface area contributed by atoms with Gasteiger partial charge in [-0.1, -0.05) is 11.6 Å². The van der Waals surface area contributed by atoms with Gasteiger partial charge in [0, 0.05) is 25.1 Å². The van der Waals surface area contributed by atoms with Crippen LogP contribution in [-0.2, 0) is 21.3 Å². The number of hydrogen-bond donors (Lipinski definition) is 0. The molecule has 4 rings (SSSR count). The van der Waals surface area contributed by atoms with Crippen LogP contribution in [0.25, 0.3) is 11.4 Å². The van der Waals surface area contributed by atoms with Gasteiger partial charge in [-0.3, -0.25) is 0 Å². The van der Waals surface area contributed by atoms with Crippen molar-refractivity contribution in [2.24, 2.45) is 5.92 Å². The molecule has 1 aromatic heterocycles. The van der Waals surface area contributed by atoms with Crippen LogP contribution in [0, 0.1) is 28.9 Å². The van der Waals surface area contributed by atoms with E-state index >= 15 is 0 Å². The number of nitrogens with zero attached hydrogens (tertiary/aromatic N) is 4. The Hall–Kier alpha value is -2.31. The maximum atomic E-state index is 14.4. The van der Waals surface area contributed by atoms with Crippen molar-refractivity contribution in [1.82, 2.24) is 9.97 Å². The van der Waals surface area contributed by atoms with Crippen molar-refractivity contribution in [3.63, 3.8) is 0 Å². The fourth-order valence-corrected chi connectivity index (χ4v) is 5.46. The van der Waals surface area contributed by atoms with Gasteiger partial charge < -0.3 is 4.90 Å². The Kier molecular flexibility index (Phi) is 5.17. The summed E-state index contributed by atoms with van der Waals surface area (Å²) in [7, 11) is -3.37. The van der Waals surface area contributed by atoms with Crippen LogP contribution in [0.15, 0.2) is 12.1 Å². The van der Waals surface area contributed by atoms with Crippen LogP contribution in [0.1, 0.15) is 30.5 Å². The largest absolute Gasteiger partial charge is 0.356 e. The summed E-state index contributed by atoms with van der Waals surface area (Å²) in [5.74, 6) is -1.35. The zero-order valence-corrected chi connectivity index (χ0v) is 16.9. The molecule has 1 saturated heterocycles. The van der Waals surface area contributed by atoms with Gasteiger partial charge in [-0.25, -0.2) is 27.2 Å². The lowest BCUT2D eigenvalue weighted by atomic mass is 9.94. The topological polar surface area (TPSA) is 86.9 Å². The van der Waals surface area contributed by atoms with Crippen LogP contribution in [-0.4, -0.2) is 31.5 Å². The quantitative estimate of drug-likeness (QED) is 0.680. The summed E-state index contributed by atoms with van der Waals surface area (Å²) >= 11 is 5.63. The minimum atomic E-state index is -3.37. The summed E-state index contributed by atoms with van der Waals surface area (Å²) in [6, 6.07) is 3.96. The van der Waals surface area contributed by atoms with Crippen LogP contribution in [0.4, 0.5) is 14.6 Å². The van der Waals surface area contributed by atoms with Crippen molar-refractivity contribution in [2.45, 2.75) is 30.8 Å². The first-order valence-corrected chi connectivity index (χ1v) is 11.3. The van der Waals surface area contributed by atoms with Gasteiger partial charge in [-0.05, 0) is 30.9 Å². The summed E-state index contributed by atoms with van der Waals surface area (Å²) in [6.45, 7) is 1.21. The third-order valence-corrected chi connectivity index (χ3v) is 7.07. The minimum Gasteiger partial charge on any atom is -0.356 e. The molecule has 152 valence electrons. The van der Waals surface area contributed by atoms with E-state index in [1.54, 1.807) is 0 Å². The van der Waals surface area contributed by atoms with E-state index in [1.807, 2.05) is 4.90 Å². The van der Waals surface area contributed by atoms with E-state index in [0.29, 0.717) is 36.6 Å². The molecule has 3 heterocycles. The molecule has 0 N–H and O–H groups in total. The highest BCUT2D eigenvalue weighted by Gasteiger charge is 2.33. The number of nitriles is 1. The molecule has 0 unspecified atom stereocenters. The number of piperidine rings is 1. The minimum absolute atomic E-state index is 0.0666. The standard InChI is InChI=1S/C19H17ClF2N4O2S/c20-14-8-15(21)12(7-16(14)22)18-24-17-10-29(27,28)9-13(17)19(25-18)26-5-2-11(1-4-23)3-6-26/h7-8,11H,1-3,5-6,9-10H2. The SMILES string of the molecule is N#CCC1CCN(c2nc(-c3cc(F)c(Cl)cc3F)nc3c2CS(=O)(=O)C3)CC1. The highest BCUT2D eigenvalue weighted by molar-refractivity contribution is 7.90. The number of benzene rings is 1. The van der Waals surface area contributed by atoms with E-state index in [1.165, 1.54) is 0 Å². The molecule has 0 radical (unpaired) electrons. The molecular formula is C19H17ClF2N4O2S. The Morgan fingerprint density at radius 2 is 1.90 bits per heavy atom. The van der Waals surface area contributed by atoms with Crippen LogP contribution < -0.4 is 4.90 Å². The van der Waals surface area contributed by atoms with E-state index in [0.717, 1.165) is 25.0 Å². The average molecular weight is 439 g/mol. The molecule has 29 heavy (non-hydrogen) atoms. The molecule has 0 amide bonds. The lowest BCUT2D eigenvalue weighted by Crippen LogP contribution is -2.35. The smallest absolute Gasteiger partial charge is 0.164 e. The molecular weight excluding hydrogens is 422 g/mol. The van der Waals surface area contributed by atoms with E-state index in [-0.39, 0.29) is 33.8 Å². The van der Waals surface area contributed by atoms with Crippen molar-refractivity contribution in [3.05, 3.63) is 40.0 Å². The van der Waals surface area contributed by atoms with Crippen molar-refractivity contribution < 1.29 is 17.2 Å². The number of sulfone groups is 1. The average Bonchev–Trinajstić information content (AvgIpc) is 2.98. The van der Waals surface area contributed by atoms with Crippen LogP contribution in [0.2, 0.25) is 5.02 Å². The predicted octanol–water partition coefficient (Wildman–Crippen LogP) is 3.63. The summed E-state index contributed by atoms with van der Waals surface area (Å²) in [6.07, 6.45) is 2.03. The molecule has 1 fully saturated rings. The second-order valence-corrected chi connectivity index (χ2v) is 9.84. The number of fused-ring (bicyclic) bond motifs is 1. The van der Waals surface area contributed by atoms with Gasteiger partial charge in [0.25, 0.3) is 0 Å². The van der Waals surface area contributed by atoms with Gasteiger partial charge in [0.15, 0.2) is 15.7 Å². The van der Waals surface area contributed by atoms with Crippen LogP contribution in [0.3, 0.4) is 0 Å². The van der Waals surface area contributed by atoms with Crippen molar-refractivity contribution in [3.8, 4) is 17.5 Å². The first-order chi connectivity index (χ1) is 13.8. The molecule has 2 aliphatic heterocycles. The fraction of sp³-hybridized carbons (Fsp3) is 0.421.